The van der Waals surface area contributed by atoms with Gasteiger partial charge in [-0.05, 0) is 62.3 Å². The van der Waals surface area contributed by atoms with Gasteiger partial charge in [-0.2, -0.15) is 11.8 Å². The second kappa shape index (κ2) is 8.33. The number of halogens is 1. The molecule has 1 N–H and O–H groups in total. The molecule has 0 spiro atoms. The number of nitrogens with one attached hydrogen (secondary N) is 1. The van der Waals surface area contributed by atoms with Gasteiger partial charge in [0.05, 0.1) is 0 Å². The lowest BCUT2D eigenvalue weighted by Crippen LogP contribution is -2.38. The molecule has 0 aromatic heterocycles. The molecule has 0 radical (unpaired) electrons. The summed E-state index contributed by atoms with van der Waals surface area (Å²) in [6.45, 7) is 9.96. The van der Waals surface area contributed by atoms with Crippen LogP contribution in [0.15, 0.2) is 28.7 Å². The van der Waals surface area contributed by atoms with Crippen LogP contribution in [0.3, 0.4) is 0 Å². The smallest absolute Gasteiger partial charge is 0.0178 e. The topological polar surface area (TPSA) is 12.0 Å². The Morgan fingerprint density at radius 2 is 2.05 bits per heavy atom. The maximum Gasteiger partial charge on any atom is 0.0178 e. The lowest BCUT2D eigenvalue weighted by Gasteiger charge is -2.25. The van der Waals surface area contributed by atoms with Crippen molar-refractivity contribution in [3.05, 3.63) is 34.3 Å². The van der Waals surface area contributed by atoms with Gasteiger partial charge in [0.25, 0.3) is 0 Å². The van der Waals surface area contributed by atoms with E-state index in [1.807, 2.05) is 11.8 Å². The molecule has 0 saturated heterocycles. The molecule has 19 heavy (non-hydrogen) atoms. The maximum absolute atomic E-state index is 3.64. The summed E-state index contributed by atoms with van der Waals surface area (Å²) in [6.07, 6.45) is 1.23. The van der Waals surface area contributed by atoms with Crippen molar-refractivity contribution < 1.29 is 0 Å². The van der Waals surface area contributed by atoms with E-state index in [4.69, 9.17) is 0 Å². The number of rotatable bonds is 7. The first-order chi connectivity index (χ1) is 8.92. The van der Waals surface area contributed by atoms with Gasteiger partial charge < -0.3 is 5.32 Å². The highest BCUT2D eigenvalue weighted by Gasteiger charge is 2.16. The molecule has 108 valence electrons. The Balaban J connectivity index is 2.68. The molecular weight excluding hydrogens is 318 g/mol. The Labute approximate surface area is 131 Å². The van der Waals surface area contributed by atoms with Gasteiger partial charge >= 0.3 is 0 Å². The van der Waals surface area contributed by atoms with Crippen molar-refractivity contribution in [3.63, 3.8) is 0 Å². The molecule has 1 rings (SSSR count). The van der Waals surface area contributed by atoms with E-state index in [1.165, 1.54) is 28.0 Å². The monoisotopic (exact) mass is 343 g/mol. The van der Waals surface area contributed by atoms with Gasteiger partial charge in [0.15, 0.2) is 0 Å². The van der Waals surface area contributed by atoms with E-state index >= 15 is 0 Å². The Bertz CT molecular complexity index is 373. The Morgan fingerprint density at radius 1 is 1.32 bits per heavy atom. The van der Waals surface area contributed by atoms with Gasteiger partial charge in [0, 0.05) is 16.6 Å². The van der Waals surface area contributed by atoms with Crippen molar-refractivity contribution >= 4 is 27.7 Å². The quantitative estimate of drug-likeness (QED) is 0.694. The van der Waals surface area contributed by atoms with Crippen LogP contribution in [0.5, 0.6) is 0 Å². The molecule has 0 aliphatic heterocycles. The minimum Gasteiger partial charge on any atom is -0.311 e. The summed E-state index contributed by atoms with van der Waals surface area (Å²) >= 11 is 5.61. The highest BCUT2D eigenvalue weighted by Crippen LogP contribution is 2.24. The third kappa shape index (κ3) is 7.38. The van der Waals surface area contributed by atoms with E-state index in [9.17, 15) is 0 Å². The third-order valence-electron chi connectivity index (χ3n) is 3.01. The SMILES string of the molecule is CCSCCC(CNC(C)(C)C)c1cccc(Br)c1. The highest BCUT2D eigenvalue weighted by atomic mass is 79.9. The Hall–Kier alpha value is 0.01000. The number of hydrogen-bond donors (Lipinski definition) is 1. The summed E-state index contributed by atoms with van der Waals surface area (Å²) in [5, 5.41) is 3.64. The lowest BCUT2D eigenvalue weighted by atomic mass is 9.95. The molecule has 3 heteroatoms. The first kappa shape index (κ1) is 17.1. The van der Waals surface area contributed by atoms with Crippen LogP contribution in [-0.4, -0.2) is 23.6 Å². The van der Waals surface area contributed by atoms with Gasteiger partial charge in [-0.25, -0.2) is 0 Å². The summed E-state index contributed by atoms with van der Waals surface area (Å²) < 4.78 is 1.17. The standard InChI is InChI=1S/C16H26BrNS/c1-5-19-10-9-14(12-18-16(2,3)4)13-7-6-8-15(17)11-13/h6-8,11,14,18H,5,9-10,12H2,1-4H3. The number of hydrogen-bond acceptors (Lipinski definition) is 2. The van der Waals surface area contributed by atoms with Gasteiger partial charge in [-0.3, -0.25) is 0 Å². The summed E-state index contributed by atoms with van der Waals surface area (Å²) in [7, 11) is 0. The maximum atomic E-state index is 3.64. The van der Waals surface area contributed by atoms with Crippen LogP contribution in [0.4, 0.5) is 0 Å². The second-order valence-electron chi connectivity index (χ2n) is 5.87. The molecule has 1 nitrogen and oxygen atoms in total. The van der Waals surface area contributed by atoms with E-state index in [-0.39, 0.29) is 5.54 Å². The van der Waals surface area contributed by atoms with E-state index in [2.05, 4.69) is 73.2 Å². The molecule has 0 heterocycles. The Morgan fingerprint density at radius 3 is 2.63 bits per heavy atom. The lowest BCUT2D eigenvalue weighted by molar-refractivity contribution is 0.403. The second-order valence-corrected chi connectivity index (χ2v) is 8.18. The van der Waals surface area contributed by atoms with Crippen molar-refractivity contribution in [1.29, 1.82) is 0 Å². The summed E-state index contributed by atoms with van der Waals surface area (Å²) in [5.74, 6) is 3.04. The largest absolute Gasteiger partial charge is 0.311 e. The zero-order valence-corrected chi connectivity index (χ0v) is 14.9. The van der Waals surface area contributed by atoms with Gasteiger partial charge in [-0.1, -0.05) is 35.0 Å². The summed E-state index contributed by atoms with van der Waals surface area (Å²) in [4.78, 5) is 0. The fourth-order valence-corrected chi connectivity index (χ4v) is 3.10. The molecule has 0 saturated carbocycles. The van der Waals surface area contributed by atoms with Crippen LogP contribution in [0.25, 0.3) is 0 Å². The van der Waals surface area contributed by atoms with E-state index in [1.54, 1.807) is 0 Å². The number of thioether (sulfide) groups is 1. The average molecular weight is 344 g/mol. The average Bonchev–Trinajstić information content (AvgIpc) is 2.32. The van der Waals surface area contributed by atoms with E-state index < -0.39 is 0 Å². The molecule has 1 atom stereocenters. The van der Waals surface area contributed by atoms with Crippen LogP contribution < -0.4 is 5.32 Å². The minimum atomic E-state index is 0.183. The van der Waals surface area contributed by atoms with Crippen LogP contribution in [0.1, 0.15) is 45.6 Å². The van der Waals surface area contributed by atoms with Crippen molar-refractivity contribution in [2.45, 2.75) is 45.6 Å². The zero-order valence-electron chi connectivity index (χ0n) is 12.5. The van der Waals surface area contributed by atoms with E-state index in [0.29, 0.717) is 5.92 Å². The molecule has 0 fully saturated rings. The molecular formula is C16H26BrNS. The Kier molecular flexibility index (Phi) is 7.48. The van der Waals surface area contributed by atoms with Gasteiger partial charge in [0.1, 0.15) is 0 Å². The van der Waals surface area contributed by atoms with Crippen molar-refractivity contribution in [1.82, 2.24) is 5.32 Å². The minimum absolute atomic E-state index is 0.183. The first-order valence-corrected chi connectivity index (χ1v) is 8.95. The fourth-order valence-electron chi connectivity index (χ4n) is 1.95. The van der Waals surface area contributed by atoms with Gasteiger partial charge in [-0.15, -0.1) is 0 Å². The predicted octanol–water partition coefficient (Wildman–Crippen LogP) is 5.06. The molecule has 0 aliphatic rings. The molecule has 0 amide bonds. The van der Waals surface area contributed by atoms with Crippen molar-refractivity contribution in [2.75, 3.05) is 18.1 Å². The van der Waals surface area contributed by atoms with E-state index in [0.717, 1.165) is 6.54 Å². The molecule has 1 aromatic carbocycles. The predicted molar refractivity (Wildman–Crippen MR) is 92.3 cm³/mol. The zero-order chi connectivity index (χ0) is 14.3. The van der Waals surface area contributed by atoms with Crippen LogP contribution in [0, 0.1) is 0 Å². The molecule has 0 bridgehead atoms. The van der Waals surface area contributed by atoms with Gasteiger partial charge in [0.2, 0.25) is 0 Å². The fraction of sp³-hybridized carbons (Fsp3) is 0.625. The number of benzene rings is 1. The van der Waals surface area contributed by atoms with Crippen LogP contribution >= 0.6 is 27.7 Å². The summed E-state index contributed by atoms with van der Waals surface area (Å²) in [5.41, 5.74) is 1.62. The first-order valence-electron chi connectivity index (χ1n) is 7.00. The van der Waals surface area contributed by atoms with Crippen LogP contribution in [0.2, 0.25) is 0 Å². The third-order valence-corrected chi connectivity index (χ3v) is 4.44. The molecule has 1 unspecified atom stereocenters. The van der Waals surface area contributed by atoms with Crippen LogP contribution in [-0.2, 0) is 0 Å². The van der Waals surface area contributed by atoms with Crippen molar-refractivity contribution in [3.8, 4) is 0 Å². The normalized spacial score (nSPS) is 13.5. The highest BCUT2D eigenvalue weighted by molar-refractivity contribution is 9.10. The summed E-state index contributed by atoms with van der Waals surface area (Å²) in [6, 6.07) is 8.73. The molecule has 0 aliphatic carbocycles. The van der Waals surface area contributed by atoms with Crippen molar-refractivity contribution in [2.24, 2.45) is 0 Å². The molecule has 1 aromatic rings.